The lowest BCUT2D eigenvalue weighted by Gasteiger charge is -2.21. The SMILES string of the molecule is Cc1ccc(C(=O)NC(CCO)C(C)C)cc1Br. The highest BCUT2D eigenvalue weighted by Crippen LogP contribution is 2.18. The van der Waals surface area contributed by atoms with E-state index >= 15 is 0 Å². The third kappa shape index (κ3) is 4.10. The summed E-state index contributed by atoms with van der Waals surface area (Å²) in [5, 5.41) is 12.0. The number of rotatable bonds is 5. The lowest BCUT2D eigenvalue weighted by atomic mass is 10.0. The molecule has 18 heavy (non-hydrogen) atoms. The number of carbonyl (C=O) groups excluding carboxylic acids is 1. The third-order valence-electron chi connectivity index (χ3n) is 3.00. The van der Waals surface area contributed by atoms with Gasteiger partial charge in [-0.3, -0.25) is 4.79 Å². The van der Waals surface area contributed by atoms with Crippen LogP contribution in [0.5, 0.6) is 0 Å². The van der Waals surface area contributed by atoms with Gasteiger partial charge in [0.2, 0.25) is 0 Å². The molecule has 1 unspecified atom stereocenters. The van der Waals surface area contributed by atoms with Gasteiger partial charge in [0, 0.05) is 22.7 Å². The number of hydrogen-bond donors (Lipinski definition) is 2. The Bertz CT molecular complexity index is 418. The predicted octanol–water partition coefficient (Wildman–Crippen LogP) is 2.89. The second kappa shape index (κ2) is 6.90. The smallest absolute Gasteiger partial charge is 0.251 e. The molecule has 4 heteroatoms. The van der Waals surface area contributed by atoms with Crippen LogP contribution in [-0.4, -0.2) is 23.7 Å². The van der Waals surface area contributed by atoms with Gasteiger partial charge in [-0.05, 0) is 37.0 Å². The van der Waals surface area contributed by atoms with Gasteiger partial charge in [-0.1, -0.05) is 35.8 Å². The van der Waals surface area contributed by atoms with Crippen LogP contribution < -0.4 is 5.32 Å². The fourth-order valence-electron chi connectivity index (χ4n) is 1.70. The average molecular weight is 314 g/mol. The number of aliphatic hydroxyl groups excluding tert-OH is 1. The van der Waals surface area contributed by atoms with Crippen molar-refractivity contribution in [3.8, 4) is 0 Å². The summed E-state index contributed by atoms with van der Waals surface area (Å²) in [4.78, 5) is 12.1. The molecular weight excluding hydrogens is 294 g/mol. The van der Waals surface area contributed by atoms with Gasteiger partial charge in [-0.25, -0.2) is 0 Å². The molecule has 0 bridgehead atoms. The first-order valence-electron chi connectivity index (χ1n) is 6.13. The first kappa shape index (κ1) is 15.2. The monoisotopic (exact) mass is 313 g/mol. The minimum Gasteiger partial charge on any atom is -0.396 e. The van der Waals surface area contributed by atoms with E-state index in [-0.39, 0.29) is 18.6 Å². The van der Waals surface area contributed by atoms with E-state index in [0.717, 1.165) is 10.0 Å². The van der Waals surface area contributed by atoms with E-state index in [0.29, 0.717) is 17.9 Å². The van der Waals surface area contributed by atoms with Crippen molar-refractivity contribution in [2.24, 2.45) is 5.92 Å². The van der Waals surface area contributed by atoms with Crippen molar-refractivity contribution in [2.75, 3.05) is 6.61 Å². The normalized spacial score (nSPS) is 12.6. The van der Waals surface area contributed by atoms with E-state index in [9.17, 15) is 4.79 Å². The summed E-state index contributed by atoms with van der Waals surface area (Å²) in [6, 6.07) is 5.55. The molecule has 0 aliphatic carbocycles. The molecule has 1 aromatic carbocycles. The van der Waals surface area contributed by atoms with E-state index in [1.807, 2.05) is 39.0 Å². The van der Waals surface area contributed by atoms with Crippen LogP contribution in [0.1, 0.15) is 36.2 Å². The van der Waals surface area contributed by atoms with Crippen LogP contribution in [0, 0.1) is 12.8 Å². The molecule has 1 aromatic rings. The standard InChI is InChI=1S/C14H20BrNO2/c1-9(2)13(6-7-17)16-14(18)11-5-4-10(3)12(15)8-11/h4-5,8-9,13,17H,6-7H2,1-3H3,(H,16,18). The van der Waals surface area contributed by atoms with Crippen LogP contribution in [0.2, 0.25) is 0 Å². The number of nitrogens with one attached hydrogen (secondary N) is 1. The molecule has 1 amide bonds. The van der Waals surface area contributed by atoms with Gasteiger partial charge in [0.25, 0.3) is 5.91 Å². The predicted molar refractivity (Wildman–Crippen MR) is 76.7 cm³/mol. The first-order chi connectivity index (χ1) is 8.45. The second-order valence-electron chi connectivity index (χ2n) is 4.80. The summed E-state index contributed by atoms with van der Waals surface area (Å²) in [7, 11) is 0. The number of benzene rings is 1. The molecule has 0 aromatic heterocycles. The van der Waals surface area contributed by atoms with E-state index in [1.54, 1.807) is 0 Å². The Hall–Kier alpha value is -0.870. The minimum atomic E-state index is -0.0946. The molecule has 0 saturated heterocycles. The number of carbonyl (C=O) groups is 1. The molecular formula is C14H20BrNO2. The van der Waals surface area contributed by atoms with Crippen LogP contribution in [0.15, 0.2) is 22.7 Å². The Balaban J connectivity index is 2.77. The van der Waals surface area contributed by atoms with Gasteiger partial charge < -0.3 is 10.4 Å². The van der Waals surface area contributed by atoms with Gasteiger partial charge in [0.15, 0.2) is 0 Å². The van der Waals surface area contributed by atoms with Crippen LogP contribution in [0.3, 0.4) is 0 Å². The Labute approximate surface area is 117 Å². The largest absolute Gasteiger partial charge is 0.396 e. The molecule has 0 radical (unpaired) electrons. The van der Waals surface area contributed by atoms with Crippen molar-refractivity contribution in [2.45, 2.75) is 33.2 Å². The zero-order valence-corrected chi connectivity index (χ0v) is 12.6. The van der Waals surface area contributed by atoms with Crippen LogP contribution >= 0.6 is 15.9 Å². The maximum Gasteiger partial charge on any atom is 0.251 e. The van der Waals surface area contributed by atoms with E-state index in [2.05, 4.69) is 21.2 Å². The minimum absolute atomic E-state index is 0.00239. The van der Waals surface area contributed by atoms with Gasteiger partial charge in [-0.2, -0.15) is 0 Å². The van der Waals surface area contributed by atoms with Crippen molar-refractivity contribution >= 4 is 21.8 Å². The van der Waals surface area contributed by atoms with Crippen molar-refractivity contribution in [3.05, 3.63) is 33.8 Å². The number of halogens is 1. The van der Waals surface area contributed by atoms with E-state index in [4.69, 9.17) is 5.11 Å². The van der Waals surface area contributed by atoms with Crippen LogP contribution in [0.4, 0.5) is 0 Å². The molecule has 1 atom stereocenters. The number of aliphatic hydroxyl groups is 1. The lowest BCUT2D eigenvalue weighted by Crippen LogP contribution is -2.39. The van der Waals surface area contributed by atoms with Gasteiger partial charge in [0.1, 0.15) is 0 Å². The summed E-state index contributed by atoms with van der Waals surface area (Å²) in [5.41, 5.74) is 1.73. The maximum atomic E-state index is 12.1. The van der Waals surface area contributed by atoms with Gasteiger partial charge >= 0.3 is 0 Å². The zero-order chi connectivity index (χ0) is 13.7. The average Bonchev–Trinajstić information content (AvgIpc) is 2.31. The summed E-state index contributed by atoms with van der Waals surface area (Å²) in [6.45, 7) is 6.13. The van der Waals surface area contributed by atoms with Gasteiger partial charge in [-0.15, -0.1) is 0 Å². The lowest BCUT2D eigenvalue weighted by molar-refractivity contribution is 0.0916. The Kier molecular flexibility index (Phi) is 5.82. The van der Waals surface area contributed by atoms with E-state index < -0.39 is 0 Å². The molecule has 0 fully saturated rings. The summed E-state index contributed by atoms with van der Waals surface area (Å²) in [5.74, 6) is 0.206. The van der Waals surface area contributed by atoms with Gasteiger partial charge in [0.05, 0.1) is 0 Å². The van der Waals surface area contributed by atoms with Crippen LogP contribution in [0.25, 0.3) is 0 Å². The Morgan fingerprint density at radius 3 is 2.61 bits per heavy atom. The van der Waals surface area contributed by atoms with Crippen molar-refractivity contribution in [1.82, 2.24) is 5.32 Å². The summed E-state index contributed by atoms with van der Waals surface area (Å²) in [6.07, 6.45) is 0.580. The molecule has 0 spiro atoms. The second-order valence-corrected chi connectivity index (χ2v) is 5.65. The van der Waals surface area contributed by atoms with Crippen molar-refractivity contribution in [1.29, 1.82) is 0 Å². The maximum absolute atomic E-state index is 12.1. The third-order valence-corrected chi connectivity index (χ3v) is 3.85. The van der Waals surface area contributed by atoms with Crippen molar-refractivity contribution in [3.63, 3.8) is 0 Å². The number of hydrogen-bond acceptors (Lipinski definition) is 2. The first-order valence-corrected chi connectivity index (χ1v) is 6.93. The molecule has 1 rings (SSSR count). The Morgan fingerprint density at radius 1 is 1.44 bits per heavy atom. The topological polar surface area (TPSA) is 49.3 Å². The molecule has 0 heterocycles. The fourth-order valence-corrected chi connectivity index (χ4v) is 2.08. The highest BCUT2D eigenvalue weighted by molar-refractivity contribution is 9.10. The molecule has 2 N–H and O–H groups in total. The number of amides is 1. The Morgan fingerprint density at radius 2 is 2.11 bits per heavy atom. The summed E-state index contributed by atoms with van der Waals surface area (Å²) < 4.78 is 0.929. The molecule has 0 aliphatic rings. The highest BCUT2D eigenvalue weighted by Gasteiger charge is 2.16. The molecule has 0 aliphatic heterocycles. The number of aryl methyl sites for hydroxylation is 1. The van der Waals surface area contributed by atoms with E-state index in [1.165, 1.54) is 0 Å². The highest BCUT2D eigenvalue weighted by atomic mass is 79.9. The zero-order valence-electron chi connectivity index (χ0n) is 11.0. The summed E-state index contributed by atoms with van der Waals surface area (Å²) >= 11 is 3.42. The van der Waals surface area contributed by atoms with Crippen LogP contribution in [-0.2, 0) is 0 Å². The molecule has 100 valence electrons. The molecule has 0 saturated carbocycles. The quantitative estimate of drug-likeness (QED) is 0.878. The molecule has 3 nitrogen and oxygen atoms in total. The van der Waals surface area contributed by atoms with Crippen molar-refractivity contribution < 1.29 is 9.90 Å². The fraction of sp³-hybridized carbons (Fsp3) is 0.500.